The number of aliphatic hydroxyl groups is 2. The molecule has 1 aliphatic heterocycles. The third kappa shape index (κ3) is 5.31. The Hall–Kier alpha value is -1.90. The second-order valence-corrected chi connectivity index (χ2v) is 6.88. The van der Waals surface area contributed by atoms with Gasteiger partial charge in [-0.25, -0.2) is 0 Å². The first-order valence-corrected chi connectivity index (χ1v) is 9.34. The fourth-order valence-corrected chi connectivity index (χ4v) is 3.52. The van der Waals surface area contributed by atoms with Crippen LogP contribution >= 0.6 is 0 Å². The van der Waals surface area contributed by atoms with E-state index in [9.17, 15) is 10.2 Å². The number of likely N-dealkylation sites (N-methyl/N-ethyl adjacent to an activating group) is 1. The lowest BCUT2D eigenvalue weighted by molar-refractivity contribution is -0.0213. The maximum atomic E-state index is 10.6. The van der Waals surface area contributed by atoms with Crippen molar-refractivity contribution in [3.63, 3.8) is 0 Å². The highest BCUT2D eigenvalue weighted by Gasteiger charge is 2.44. The van der Waals surface area contributed by atoms with Gasteiger partial charge >= 0.3 is 0 Å². The fraction of sp³-hybridized carbons (Fsp3) is 0.500. The van der Waals surface area contributed by atoms with Gasteiger partial charge in [0.1, 0.15) is 12.2 Å². The summed E-state index contributed by atoms with van der Waals surface area (Å²) in [6.45, 7) is 1.76. The molecule has 0 aliphatic carbocycles. The Balaban J connectivity index is 1.57. The van der Waals surface area contributed by atoms with Gasteiger partial charge in [-0.15, -0.1) is 0 Å². The van der Waals surface area contributed by atoms with Crippen molar-refractivity contribution in [2.24, 2.45) is 0 Å². The Bertz CT molecular complexity index is 673. The summed E-state index contributed by atoms with van der Waals surface area (Å²) in [5.41, 5.74) is 1.97. The standard InChI is InChI=1S/C20H28N4O3/c1-24(11-8-15-6-2-4-9-22-15)19-17(27-18(14-25)20(19)26)13-21-12-16-7-3-5-10-23-16/h2-7,9-10,17-21,25-26H,8,11-14H2,1H3. The fourth-order valence-electron chi connectivity index (χ4n) is 3.52. The van der Waals surface area contributed by atoms with Crippen LogP contribution in [0.5, 0.6) is 0 Å². The van der Waals surface area contributed by atoms with Crippen LogP contribution in [0.3, 0.4) is 0 Å². The molecule has 3 N–H and O–H groups in total. The molecule has 0 radical (unpaired) electrons. The molecule has 3 heterocycles. The van der Waals surface area contributed by atoms with Crippen LogP contribution in [0.25, 0.3) is 0 Å². The van der Waals surface area contributed by atoms with Crippen LogP contribution in [-0.2, 0) is 17.7 Å². The van der Waals surface area contributed by atoms with Crippen molar-refractivity contribution < 1.29 is 14.9 Å². The second kappa shape index (κ2) is 9.87. The van der Waals surface area contributed by atoms with Crippen molar-refractivity contribution in [2.45, 2.75) is 37.3 Å². The molecule has 1 saturated heterocycles. The van der Waals surface area contributed by atoms with E-state index in [0.29, 0.717) is 13.1 Å². The summed E-state index contributed by atoms with van der Waals surface area (Å²) in [6.07, 6.45) is 2.84. The summed E-state index contributed by atoms with van der Waals surface area (Å²) >= 11 is 0. The number of pyridine rings is 2. The molecule has 0 spiro atoms. The Kier molecular flexibility index (Phi) is 7.25. The minimum Gasteiger partial charge on any atom is -0.394 e. The normalized spacial score (nSPS) is 25.2. The van der Waals surface area contributed by atoms with Crippen molar-refractivity contribution in [3.05, 3.63) is 60.2 Å². The van der Waals surface area contributed by atoms with Gasteiger partial charge in [0.05, 0.1) is 24.4 Å². The number of ether oxygens (including phenoxy) is 1. The summed E-state index contributed by atoms with van der Waals surface area (Å²) in [7, 11) is 1.98. The lowest BCUT2D eigenvalue weighted by atomic mass is 10.0. The van der Waals surface area contributed by atoms with Crippen molar-refractivity contribution in [1.29, 1.82) is 0 Å². The molecule has 0 amide bonds. The number of aromatic nitrogens is 2. The highest BCUT2D eigenvalue weighted by Crippen LogP contribution is 2.25. The molecule has 3 rings (SSSR count). The predicted molar refractivity (Wildman–Crippen MR) is 102 cm³/mol. The van der Waals surface area contributed by atoms with E-state index in [0.717, 1.165) is 24.4 Å². The third-order valence-electron chi connectivity index (χ3n) is 4.97. The number of rotatable bonds is 9. The first-order valence-electron chi connectivity index (χ1n) is 9.34. The molecule has 4 unspecified atom stereocenters. The monoisotopic (exact) mass is 372 g/mol. The van der Waals surface area contributed by atoms with Crippen LogP contribution in [0.15, 0.2) is 48.8 Å². The molecule has 146 valence electrons. The minimum atomic E-state index is -0.731. The van der Waals surface area contributed by atoms with Crippen LogP contribution in [0.2, 0.25) is 0 Å². The molecule has 2 aromatic rings. The molecule has 4 atom stereocenters. The zero-order chi connectivity index (χ0) is 19.1. The third-order valence-corrected chi connectivity index (χ3v) is 4.97. The summed E-state index contributed by atoms with van der Waals surface area (Å²) in [5, 5.41) is 23.5. The molecular weight excluding hydrogens is 344 g/mol. The van der Waals surface area contributed by atoms with E-state index in [1.54, 1.807) is 12.4 Å². The van der Waals surface area contributed by atoms with Gasteiger partial charge in [0, 0.05) is 44.1 Å². The van der Waals surface area contributed by atoms with Gasteiger partial charge in [-0.05, 0) is 31.3 Å². The van der Waals surface area contributed by atoms with Gasteiger partial charge in [-0.2, -0.15) is 0 Å². The predicted octanol–water partition coefficient (Wildman–Crippen LogP) is 0.230. The summed E-state index contributed by atoms with van der Waals surface area (Å²) in [6, 6.07) is 11.5. The number of hydrogen-bond donors (Lipinski definition) is 3. The van der Waals surface area contributed by atoms with E-state index < -0.39 is 12.2 Å². The van der Waals surface area contributed by atoms with Gasteiger partial charge in [0.25, 0.3) is 0 Å². The largest absolute Gasteiger partial charge is 0.394 e. The van der Waals surface area contributed by atoms with Crippen molar-refractivity contribution in [1.82, 2.24) is 20.2 Å². The Morgan fingerprint density at radius 2 is 1.78 bits per heavy atom. The smallest absolute Gasteiger partial charge is 0.109 e. The van der Waals surface area contributed by atoms with Gasteiger partial charge in [-0.3, -0.25) is 14.9 Å². The van der Waals surface area contributed by atoms with E-state index in [-0.39, 0.29) is 18.8 Å². The number of nitrogens with zero attached hydrogens (tertiary/aromatic N) is 3. The summed E-state index contributed by atoms with van der Waals surface area (Å²) in [4.78, 5) is 10.7. The van der Waals surface area contributed by atoms with Gasteiger partial charge < -0.3 is 20.3 Å². The molecule has 2 aromatic heterocycles. The average molecular weight is 372 g/mol. The molecule has 0 saturated carbocycles. The number of hydrogen-bond acceptors (Lipinski definition) is 7. The average Bonchev–Trinajstić information content (AvgIpc) is 3.03. The molecule has 7 heteroatoms. The van der Waals surface area contributed by atoms with Crippen LogP contribution in [0.4, 0.5) is 0 Å². The highest BCUT2D eigenvalue weighted by atomic mass is 16.5. The topological polar surface area (TPSA) is 90.7 Å². The van der Waals surface area contributed by atoms with Crippen molar-refractivity contribution in [3.8, 4) is 0 Å². The Morgan fingerprint density at radius 1 is 1.07 bits per heavy atom. The maximum absolute atomic E-state index is 10.6. The van der Waals surface area contributed by atoms with Gasteiger partial charge in [0.15, 0.2) is 0 Å². The quantitative estimate of drug-likeness (QED) is 0.580. The molecular formula is C20H28N4O3. The zero-order valence-electron chi connectivity index (χ0n) is 15.6. The van der Waals surface area contributed by atoms with Crippen LogP contribution < -0.4 is 5.32 Å². The number of nitrogens with one attached hydrogen (secondary N) is 1. The summed E-state index contributed by atoms with van der Waals surface area (Å²) < 4.78 is 5.91. The second-order valence-electron chi connectivity index (χ2n) is 6.88. The lowest BCUT2D eigenvalue weighted by Crippen LogP contribution is -2.49. The molecule has 1 aliphatic rings. The van der Waals surface area contributed by atoms with E-state index in [1.165, 1.54) is 0 Å². The molecule has 0 aromatic carbocycles. The number of aliphatic hydroxyl groups excluding tert-OH is 2. The van der Waals surface area contributed by atoms with Gasteiger partial charge in [-0.1, -0.05) is 12.1 Å². The van der Waals surface area contributed by atoms with Crippen LogP contribution in [0, 0.1) is 0 Å². The molecule has 7 nitrogen and oxygen atoms in total. The SMILES string of the molecule is CN(CCc1ccccn1)C1C(CNCc2ccccn2)OC(CO)C1O. The maximum Gasteiger partial charge on any atom is 0.109 e. The summed E-state index contributed by atoms with van der Waals surface area (Å²) in [5.74, 6) is 0. The molecule has 27 heavy (non-hydrogen) atoms. The van der Waals surface area contributed by atoms with Crippen LogP contribution in [-0.4, -0.2) is 76.2 Å². The van der Waals surface area contributed by atoms with Gasteiger partial charge in [0.2, 0.25) is 0 Å². The van der Waals surface area contributed by atoms with E-state index in [4.69, 9.17) is 4.74 Å². The van der Waals surface area contributed by atoms with Crippen LogP contribution in [0.1, 0.15) is 11.4 Å². The molecule has 0 bridgehead atoms. The van der Waals surface area contributed by atoms with Crippen molar-refractivity contribution in [2.75, 3.05) is 26.7 Å². The zero-order valence-corrected chi connectivity index (χ0v) is 15.6. The lowest BCUT2D eigenvalue weighted by Gasteiger charge is -2.30. The van der Waals surface area contributed by atoms with Crippen molar-refractivity contribution >= 4 is 0 Å². The van der Waals surface area contributed by atoms with E-state index in [2.05, 4.69) is 20.2 Å². The Morgan fingerprint density at radius 3 is 2.41 bits per heavy atom. The Labute approximate surface area is 160 Å². The van der Waals surface area contributed by atoms with E-state index >= 15 is 0 Å². The van der Waals surface area contributed by atoms with E-state index in [1.807, 2.05) is 43.4 Å². The first kappa shape index (κ1) is 19.9. The minimum absolute atomic E-state index is 0.192. The molecule has 1 fully saturated rings. The first-order chi connectivity index (χ1) is 13.2. The highest BCUT2D eigenvalue weighted by molar-refractivity contribution is 5.05.